The molecule has 248 valence electrons. The predicted octanol–water partition coefficient (Wildman–Crippen LogP) is 6.33. The lowest BCUT2D eigenvalue weighted by atomic mass is 9.60. The highest BCUT2D eigenvalue weighted by molar-refractivity contribution is 7.89. The Labute approximate surface area is 275 Å². The van der Waals surface area contributed by atoms with E-state index in [1.807, 2.05) is 19.9 Å². The number of thiazole rings is 1. The van der Waals surface area contributed by atoms with Gasteiger partial charge in [0, 0.05) is 40.6 Å². The number of carbonyl (C=O) groups is 2. The summed E-state index contributed by atoms with van der Waals surface area (Å²) < 4.78 is 35.6. The van der Waals surface area contributed by atoms with Crippen LogP contribution in [-0.4, -0.2) is 48.2 Å². The molecule has 2 saturated carbocycles. The number of rotatable bonds is 9. The minimum atomic E-state index is -3.98. The van der Waals surface area contributed by atoms with Crippen molar-refractivity contribution in [2.45, 2.75) is 108 Å². The van der Waals surface area contributed by atoms with Crippen molar-refractivity contribution in [1.82, 2.24) is 25.3 Å². The Morgan fingerprint density at radius 3 is 2.63 bits per heavy atom. The minimum absolute atomic E-state index is 0.0655. The van der Waals surface area contributed by atoms with Crippen molar-refractivity contribution in [2.24, 2.45) is 5.92 Å². The number of aromatic nitrogens is 2. The molecule has 46 heavy (non-hydrogen) atoms. The van der Waals surface area contributed by atoms with Crippen LogP contribution in [0.25, 0.3) is 10.4 Å². The molecule has 3 unspecified atom stereocenters. The maximum absolute atomic E-state index is 13.8. The zero-order valence-electron chi connectivity index (χ0n) is 27.1. The summed E-state index contributed by atoms with van der Waals surface area (Å²) in [5, 5.41) is 9.61. The molecule has 2 aliphatic rings. The highest BCUT2D eigenvalue weighted by Crippen LogP contribution is 2.52. The van der Waals surface area contributed by atoms with Crippen LogP contribution in [0, 0.1) is 5.92 Å². The number of urea groups is 1. The lowest BCUT2D eigenvalue weighted by molar-refractivity contribution is 0.0824. The summed E-state index contributed by atoms with van der Waals surface area (Å²) in [4.78, 5) is 34.9. The van der Waals surface area contributed by atoms with Crippen molar-refractivity contribution in [3.8, 4) is 10.4 Å². The molecule has 11 nitrogen and oxygen atoms in total. The summed E-state index contributed by atoms with van der Waals surface area (Å²) >= 11 is 1.53. The third-order valence-corrected chi connectivity index (χ3v) is 11.5. The van der Waals surface area contributed by atoms with E-state index in [-0.39, 0.29) is 35.1 Å². The van der Waals surface area contributed by atoms with Gasteiger partial charge in [0.05, 0.1) is 33.1 Å². The van der Waals surface area contributed by atoms with E-state index < -0.39 is 21.6 Å². The van der Waals surface area contributed by atoms with Crippen LogP contribution in [-0.2, 0) is 26.7 Å². The second kappa shape index (κ2) is 13.7. The molecule has 1 aromatic carbocycles. The molecule has 13 heteroatoms. The Balaban J connectivity index is 1.38. The predicted molar refractivity (Wildman–Crippen MR) is 179 cm³/mol. The van der Waals surface area contributed by atoms with E-state index in [1.54, 1.807) is 57.4 Å². The normalized spacial score (nSPS) is 21.4. The summed E-state index contributed by atoms with van der Waals surface area (Å²) in [5.74, 6) is 0.329. The fourth-order valence-corrected chi connectivity index (χ4v) is 9.46. The van der Waals surface area contributed by atoms with Gasteiger partial charge in [0.15, 0.2) is 0 Å². The van der Waals surface area contributed by atoms with Crippen LogP contribution in [0.2, 0.25) is 0 Å². The van der Waals surface area contributed by atoms with Gasteiger partial charge < -0.3 is 20.7 Å². The van der Waals surface area contributed by atoms with Crippen molar-refractivity contribution < 1.29 is 22.7 Å². The number of pyridine rings is 1. The third-order valence-electron chi connectivity index (χ3n) is 8.38. The van der Waals surface area contributed by atoms with Gasteiger partial charge in [-0.2, -0.15) is 0 Å². The zero-order chi connectivity index (χ0) is 33.1. The standard InChI is InChI=1S/C33H44N6O5S2/c1-21(2)44-31(41)38-26-13-15-33(14-8-9-22(26)18-33)29-35-20-27(45-29)25-12-11-23(17-28(25)46(42,43)39-32(3,4)5)37-30(40)36-19-24-10-6-7-16-34-24/h6-7,10-12,16-17,20-22,26,39H,8-9,13-15,18-19H2,1-5H3,(H,38,41)(H2,36,37,40). The number of benzene rings is 1. The van der Waals surface area contributed by atoms with Crippen LogP contribution in [0.3, 0.4) is 0 Å². The van der Waals surface area contributed by atoms with Crippen molar-refractivity contribution in [3.63, 3.8) is 0 Å². The SMILES string of the molecule is CC(C)OC(=O)NC1CCC2(c3ncc(-c4ccc(NC(=O)NCc5ccccn5)cc4S(=O)(=O)NC(C)(C)C)s3)CCCC1C2. The fraction of sp³-hybridized carbons (Fsp3) is 0.515. The first kappa shape index (κ1) is 33.8. The number of amides is 3. The van der Waals surface area contributed by atoms with Gasteiger partial charge in [0.2, 0.25) is 10.0 Å². The summed E-state index contributed by atoms with van der Waals surface area (Å²) in [6.07, 6.45) is 8.60. The summed E-state index contributed by atoms with van der Waals surface area (Å²) in [5.41, 5.74) is 0.742. The quantitative estimate of drug-likeness (QED) is 0.208. The highest BCUT2D eigenvalue weighted by Gasteiger charge is 2.47. The van der Waals surface area contributed by atoms with E-state index in [0.717, 1.165) is 48.4 Å². The fourth-order valence-electron chi connectivity index (χ4n) is 6.51. The lowest BCUT2D eigenvalue weighted by Crippen LogP contribution is -2.50. The Morgan fingerprint density at radius 2 is 1.91 bits per heavy atom. The number of nitrogens with one attached hydrogen (secondary N) is 4. The van der Waals surface area contributed by atoms with E-state index in [4.69, 9.17) is 9.72 Å². The van der Waals surface area contributed by atoms with Gasteiger partial charge in [0.1, 0.15) is 0 Å². The number of nitrogens with zero attached hydrogens (tertiary/aromatic N) is 2. The average molecular weight is 669 g/mol. The zero-order valence-corrected chi connectivity index (χ0v) is 28.7. The largest absolute Gasteiger partial charge is 0.447 e. The smallest absolute Gasteiger partial charge is 0.407 e. The van der Waals surface area contributed by atoms with Crippen molar-refractivity contribution >= 4 is 39.2 Å². The van der Waals surface area contributed by atoms with Crippen LogP contribution in [0.5, 0.6) is 0 Å². The van der Waals surface area contributed by atoms with E-state index in [9.17, 15) is 18.0 Å². The Hall–Kier alpha value is -3.55. The molecule has 0 spiro atoms. The molecule has 2 aromatic heterocycles. The summed E-state index contributed by atoms with van der Waals surface area (Å²) in [6.45, 7) is 9.27. The second-order valence-electron chi connectivity index (χ2n) is 13.6. The molecule has 0 aliphatic heterocycles. The maximum Gasteiger partial charge on any atom is 0.407 e. The molecule has 0 radical (unpaired) electrons. The van der Waals surface area contributed by atoms with Gasteiger partial charge in [-0.3, -0.25) is 4.98 Å². The number of anilines is 1. The van der Waals surface area contributed by atoms with Crippen molar-refractivity contribution in [2.75, 3.05) is 5.32 Å². The Bertz CT molecular complexity index is 1650. The second-order valence-corrected chi connectivity index (χ2v) is 16.3. The summed E-state index contributed by atoms with van der Waals surface area (Å²) in [7, 11) is -3.98. The van der Waals surface area contributed by atoms with Gasteiger partial charge in [-0.1, -0.05) is 18.6 Å². The van der Waals surface area contributed by atoms with Gasteiger partial charge >= 0.3 is 12.1 Å². The molecule has 2 heterocycles. The van der Waals surface area contributed by atoms with Crippen LogP contribution >= 0.6 is 11.3 Å². The highest BCUT2D eigenvalue weighted by atomic mass is 32.2. The Kier molecular flexibility index (Phi) is 10.0. The molecule has 2 fully saturated rings. The van der Waals surface area contributed by atoms with E-state index in [2.05, 4.69) is 25.7 Å². The molecule has 0 saturated heterocycles. The van der Waals surface area contributed by atoms with Crippen molar-refractivity contribution in [3.05, 3.63) is 59.5 Å². The number of hydrogen-bond acceptors (Lipinski definition) is 8. The minimum Gasteiger partial charge on any atom is -0.447 e. The number of sulfonamides is 1. The number of alkyl carbamates (subject to hydrolysis) is 1. The van der Waals surface area contributed by atoms with E-state index in [1.165, 1.54) is 17.4 Å². The molecular weight excluding hydrogens is 625 g/mol. The molecular formula is C33H44N6O5S2. The molecule has 5 rings (SSSR count). The third kappa shape index (κ3) is 8.23. The Morgan fingerprint density at radius 1 is 1.11 bits per heavy atom. The monoisotopic (exact) mass is 668 g/mol. The molecule has 2 aliphatic carbocycles. The van der Waals surface area contributed by atoms with Crippen LogP contribution in [0.15, 0.2) is 53.7 Å². The van der Waals surface area contributed by atoms with Gasteiger partial charge in [-0.25, -0.2) is 27.7 Å². The van der Waals surface area contributed by atoms with E-state index >= 15 is 0 Å². The average Bonchev–Trinajstić information content (AvgIpc) is 3.48. The number of ether oxygens (including phenoxy) is 1. The van der Waals surface area contributed by atoms with E-state index in [0.29, 0.717) is 22.9 Å². The molecule has 3 aromatic rings. The first-order chi connectivity index (χ1) is 21.7. The first-order valence-corrected chi connectivity index (χ1v) is 18.1. The number of fused-ring (bicyclic) bond motifs is 2. The van der Waals surface area contributed by atoms with Gasteiger partial charge in [-0.05, 0) is 96.9 Å². The van der Waals surface area contributed by atoms with Crippen molar-refractivity contribution in [1.29, 1.82) is 0 Å². The molecule has 2 bridgehead atoms. The molecule has 3 amide bonds. The maximum atomic E-state index is 13.8. The molecule has 3 atom stereocenters. The first-order valence-electron chi connectivity index (χ1n) is 15.8. The topological polar surface area (TPSA) is 151 Å². The van der Waals surface area contributed by atoms with Crippen LogP contribution in [0.4, 0.5) is 15.3 Å². The van der Waals surface area contributed by atoms with Gasteiger partial charge in [-0.15, -0.1) is 11.3 Å². The number of carbonyl (C=O) groups excluding carboxylic acids is 2. The molecule has 4 N–H and O–H groups in total. The van der Waals surface area contributed by atoms with Gasteiger partial charge in [0.25, 0.3) is 0 Å². The summed E-state index contributed by atoms with van der Waals surface area (Å²) in [6, 6.07) is 9.96. The van der Waals surface area contributed by atoms with Crippen LogP contribution in [0.1, 0.15) is 83.8 Å². The number of hydrogen-bond donors (Lipinski definition) is 4. The van der Waals surface area contributed by atoms with Crippen LogP contribution < -0.4 is 20.7 Å². The lowest BCUT2D eigenvalue weighted by Gasteiger charge is -2.47.